The average Bonchev–Trinajstić information content (AvgIpc) is 2.73. The van der Waals surface area contributed by atoms with Crippen molar-refractivity contribution in [1.82, 2.24) is 9.80 Å². The Labute approximate surface area is 177 Å². The zero-order valence-electron chi connectivity index (χ0n) is 15.7. The molecule has 2 heterocycles. The smallest absolute Gasteiger partial charge is 0.253 e. The van der Waals surface area contributed by atoms with E-state index in [0.717, 1.165) is 41.2 Å². The van der Waals surface area contributed by atoms with E-state index in [4.69, 9.17) is 0 Å². The predicted molar refractivity (Wildman–Crippen MR) is 116 cm³/mol. The van der Waals surface area contributed by atoms with Crippen LogP contribution in [0.25, 0.3) is 0 Å². The highest BCUT2D eigenvalue weighted by Crippen LogP contribution is 2.32. The van der Waals surface area contributed by atoms with Gasteiger partial charge in [-0.3, -0.25) is 14.5 Å². The van der Waals surface area contributed by atoms with E-state index >= 15 is 0 Å². The highest BCUT2D eigenvalue weighted by molar-refractivity contribution is 9.10. The second-order valence-corrected chi connectivity index (χ2v) is 9.04. The maximum absolute atomic E-state index is 12.9. The summed E-state index contributed by atoms with van der Waals surface area (Å²) >= 11 is 4.97. The minimum Gasteiger partial charge on any atom is -0.336 e. The number of halogens is 1. The van der Waals surface area contributed by atoms with E-state index in [1.807, 2.05) is 23.1 Å². The number of carbonyl (C=O) groups excluding carboxylic acids is 2. The molecule has 2 aliphatic heterocycles. The van der Waals surface area contributed by atoms with Gasteiger partial charge in [0.25, 0.3) is 5.91 Å². The number of thioether (sulfide) groups is 1. The Morgan fingerprint density at radius 1 is 1.11 bits per heavy atom. The Morgan fingerprint density at radius 3 is 2.54 bits per heavy atom. The standard InChI is InChI=1S/C21H22BrN3O2S/c1-14(15-2-5-17(22)6-3-15)24-8-10-25(11-9-24)21(27)16-4-7-18-19(12-16)28-13-20(26)23-18/h2-7,12,14H,8-11,13H2,1H3,(H,23,26). The molecule has 0 saturated carbocycles. The number of amides is 2. The van der Waals surface area contributed by atoms with Gasteiger partial charge in [0.1, 0.15) is 0 Å². The molecule has 4 rings (SSSR count). The number of hydrogen-bond acceptors (Lipinski definition) is 4. The van der Waals surface area contributed by atoms with Crippen LogP contribution >= 0.6 is 27.7 Å². The Hall–Kier alpha value is -1.83. The van der Waals surface area contributed by atoms with Crippen LogP contribution in [0.3, 0.4) is 0 Å². The van der Waals surface area contributed by atoms with Crippen molar-refractivity contribution in [3.05, 3.63) is 58.1 Å². The van der Waals surface area contributed by atoms with Gasteiger partial charge in [0.15, 0.2) is 0 Å². The maximum atomic E-state index is 12.9. The molecule has 0 radical (unpaired) electrons. The average molecular weight is 460 g/mol. The van der Waals surface area contributed by atoms with Crippen LogP contribution < -0.4 is 5.32 Å². The first-order valence-electron chi connectivity index (χ1n) is 9.37. The van der Waals surface area contributed by atoms with E-state index in [1.165, 1.54) is 17.3 Å². The number of rotatable bonds is 3. The lowest BCUT2D eigenvalue weighted by atomic mass is 10.1. The summed E-state index contributed by atoms with van der Waals surface area (Å²) in [6.07, 6.45) is 0. The Kier molecular flexibility index (Phi) is 5.75. The number of nitrogens with zero attached hydrogens (tertiary/aromatic N) is 2. The van der Waals surface area contributed by atoms with Crippen molar-refractivity contribution in [2.75, 3.05) is 37.2 Å². The number of fused-ring (bicyclic) bond motifs is 1. The van der Waals surface area contributed by atoms with E-state index in [2.05, 4.69) is 57.3 Å². The second kappa shape index (κ2) is 8.27. The molecule has 0 aromatic heterocycles. The van der Waals surface area contributed by atoms with Gasteiger partial charge in [0.05, 0.1) is 11.4 Å². The monoisotopic (exact) mass is 459 g/mol. The quantitative estimate of drug-likeness (QED) is 0.752. The van der Waals surface area contributed by atoms with E-state index in [9.17, 15) is 9.59 Å². The molecule has 0 aliphatic carbocycles. The molecule has 2 aromatic rings. The van der Waals surface area contributed by atoms with Gasteiger partial charge in [-0.15, -0.1) is 11.8 Å². The number of anilines is 1. The fourth-order valence-corrected chi connectivity index (χ4v) is 4.76. The highest BCUT2D eigenvalue weighted by atomic mass is 79.9. The van der Waals surface area contributed by atoms with Gasteiger partial charge < -0.3 is 10.2 Å². The molecule has 2 amide bonds. The van der Waals surface area contributed by atoms with Crippen molar-refractivity contribution in [3.63, 3.8) is 0 Å². The third-order valence-corrected chi connectivity index (χ3v) is 6.95. The largest absolute Gasteiger partial charge is 0.336 e. The summed E-state index contributed by atoms with van der Waals surface area (Å²) in [7, 11) is 0. The zero-order chi connectivity index (χ0) is 19.7. The van der Waals surface area contributed by atoms with Crippen molar-refractivity contribution >= 4 is 45.2 Å². The minimum atomic E-state index is 0.00703. The van der Waals surface area contributed by atoms with E-state index in [1.54, 1.807) is 0 Å². The van der Waals surface area contributed by atoms with Gasteiger partial charge in [-0.25, -0.2) is 0 Å². The van der Waals surface area contributed by atoms with Crippen LogP contribution in [0.5, 0.6) is 0 Å². The first-order chi connectivity index (χ1) is 13.5. The molecular weight excluding hydrogens is 438 g/mol. The molecule has 28 heavy (non-hydrogen) atoms. The molecule has 7 heteroatoms. The topological polar surface area (TPSA) is 52.7 Å². The number of carbonyl (C=O) groups is 2. The third-order valence-electron chi connectivity index (χ3n) is 5.36. The number of piperazine rings is 1. The Bertz CT molecular complexity index is 895. The molecular formula is C21H22BrN3O2S. The van der Waals surface area contributed by atoms with Crippen LogP contribution in [-0.2, 0) is 4.79 Å². The maximum Gasteiger partial charge on any atom is 0.253 e. The van der Waals surface area contributed by atoms with Crippen LogP contribution in [0.2, 0.25) is 0 Å². The molecule has 1 fully saturated rings. The van der Waals surface area contributed by atoms with E-state index in [-0.39, 0.29) is 11.8 Å². The predicted octanol–water partition coefficient (Wildman–Crippen LogP) is 4.01. The van der Waals surface area contributed by atoms with E-state index < -0.39 is 0 Å². The van der Waals surface area contributed by atoms with Crippen LogP contribution in [0.1, 0.15) is 28.9 Å². The van der Waals surface area contributed by atoms with Crippen molar-refractivity contribution in [3.8, 4) is 0 Å². The summed E-state index contributed by atoms with van der Waals surface area (Å²) < 4.78 is 1.08. The number of hydrogen-bond donors (Lipinski definition) is 1. The first-order valence-corrected chi connectivity index (χ1v) is 11.1. The lowest BCUT2D eigenvalue weighted by molar-refractivity contribution is -0.113. The van der Waals surface area contributed by atoms with Crippen molar-refractivity contribution in [1.29, 1.82) is 0 Å². The van der Waals surface area contributed by atoms with E-state index in [0.29, 0.717) is 17.4 Å². The summed E-state index contributed by atoms with van der Waals surface area (Å²) in [4.78, 5) is 29.7. The lowest BCUT2D eigenvalue weighted by Crippen LogP contribution is -2.49. The molecule has 146 valence electrons. The van der Waals surface area contributed by atoms with Crippen molar-refractivity contribution in [2.45, 2.75) is 17.9 Å². The number of nitrogens with one attached hydrogen (secondary N) is 1. The first kappa shape index (κ1) is 19.5. The van der Waals surface area contributed by atoms with Gasteiger partial charge in [0.2, 0.25) is 5.91 Å². The molecule has 1 atom stereocenters. The lowest BCUT2D eigenvalue weighted by Gasteiger charge is -2.38. The SMILES string of the molecule is CC(c1ccc(Br)cc1)N1CCN(C(=O)c2ccc3c(c2)SCC(=O)N3)CC1. The van der Waals surface area contributed by atoms with Crippen molar-refractivity contribution < 1.29 is 9.59 Å². The minimum absolute atomic E-state index is 0.00703. The van der Waals surface area contributed by atoms with Gasteiger partial charge in [-0.1, -0.05) is 28.1 Å². The van der Waals surface area contributed by atoms with Crippen molar-refractivity contribution in [2.24, 2.45) is 0 Å². The molecule has 1 unspecified atom stereocenters. The van der Waals surface area contributed by atoms with Gasteiger partial charge in [-0.05, 0) is 42.8 Å². The van der Waals surface area contributed by atoms with Gasteiger partial charge in [-0.2, -0.15) is 0 Å². The normalized spacial score (nSPS) is 18.4. The summed E-state index contributed by atoms with van der Waals surface area (Å²) in [5.74, 6) is 0.473. The van der Waals surface area contributed by atoms with Gasteiger partial charge >= 0.3 is 0 Å². The molecule has 1 N–H and O–H groups in total. The van der Waals surface area contributed by atoms with Crippen LogP contribution in [0.4, 0.5) is 5.69 Å². The van der Waals surface area contributed by atoms with Crippen LogP contribution in [0.15, 0.2) is 51.8 Å². The molecule has 0 bridgehead atoms. The summed E-state index contributed by atoms with van der Waals surface area (Å²) in [6, 6.07) is 14.3. The Morgan fingerprint density at radius 2 is 1.82 bits per heavy atom. The van der Waals surface area contributed by atoms with Crippen LogP contribution in [-0.4, -0.2) is 53.5 Å². The summed E-state index contributed by atoms with van der Waals surface area (Å²) in [5.41, 5.74) is 2.78. The molecule has 2 aromatic carbocycles. The van der Waals surface area contributed by atoms with Crippen LogP contribution in [0, 0.1) is 0 Å². The third kappa shape index (κ3) is 4.11. The molecule has 5 nitrogen and oxygen atoms in total. The second-order valence-electron chi connectivity index (χ2n) is 7.10. The fourth-order valence-electron chi connectivity index (χ4n) is 3.65. The summed E-state index contributed by atoms with van der Waals surface area (Å²) in [5, 5.41) is 2.85. The molecule has 2 aliphatic rings. The van der Waals surface area contributed by atoms with Gasteiger partial charge in [0, 0.05) is 47.2 Å². The summed E-state index contributed by atoms with van der Waals surface area (Å²) in [6.45, 7) is 5.38. The fraction of sp³-hybridized carbons (Fsp3) is 0.333. The molecule has 1 saturated heterocycles. The Balaban J connectivity index is 1.39. The zero-order valence-corrected chi connectivity index (χ0v) is 18.1. The highest BCUT2D eigenvalue weighted by Gasteiger charge is 2.26. The molecule has 0 spiro atoms. The number of benzene rings is 2.